The Morgan fingerprint density at radius 3 is 3.33 bits per heavy atom. The molecule has 0 aliphatic rings. The molecule has 0 fully saturated rings. The third kappa shape index (κ3) is 2.73. The van der Waals surface area contributed by atoms with E-state index in [0.717, 1.165) is 0 Å². The first-order valence-electron chi connectivity index (χ1n) is 3.28. The number of H-pyrrole nitrogens is 1. The summed E-state index contributed by atoms with van der Waals surface area (Å²) in [6.45, 7) is 0.387. The maximum absolute atomic E-state index is 7.93. The molecule has 0 radical (unpaired) electrons. The predicted molar refractivity (Wildman–Crippen MR) is 41.9 cm³/mol. The number of rotatable bonds is 2. The quantitative estimate of drug-likeness (QED) is 0.229. The fourth-order valence-electron chi connectivity index (χ4n) is 0.563. The zero-order chi connectivity index (χ0) is 8.65. The smallest absolute Gasteiger partial charge is 0.200 e. The van der Waals surface area contributed by atoms with Crippen molar-refractivity contribution in [3.63, 3.8) is 0 Å². The predicted octanol–water partition coefficient (Wildman–Crippen LogP) is 0.857. The minimum absolute atomic E-state index is 0.387. The molecule has 0 aliphatic heterocycles. The van der Waals surface area contributed by atoms with Gasteiger partial charge in [-0.1, -0.05) is 11.0 Å². The average Bonchev–Trinajstić information content (AvgIpc) is 2.57. The van der Waals surface area contributed by atoms with E-state index in [-0.39, 0.29) is 0 Å². The molecule has 1 N–H and O–H groups in total. The Morgan fingerprint density at radius 1 is 1.75 bits per heavy atom. The standard InChI is InChI=1S/C6H6N6/c7-12-9-4-2-1-3-6-8-5-10-11-6/h5H,2,4H2,(H,8,10,11). The highest BCUT2D eigenvalue weighted by Crippen LogP contribution is 1.82. The second kappa shape index (κ2) is 4.77. The summed E-state index contributed by atoms with van der Waals surface area (Å²) in [5.74, 6) is 6.02. The molecule has 0 saturated heterocycles. The van der Waals surface area contributed by atoms with E-state index in [1.54, 1.807) is 0 Å². The fourth-order valence-corrected chi connectivity index (χ4v) is 0.563. The van der Waals surface area contributed by atoms with Crippen LogP contribution in [0.2, 0.25) is 0 Å². The van der Waals surface area contributed by atoms with E-state index < -0.39 is 0 Å². The van der Waals surface area contributed by atoms with Crippen molar-refractivity contribution in [1.29, 1.82) is 0 Å². The molecule has 6 nitrogen and oxygen atoms in total. The van der Waals surface area contributed by atoms with Gasteiger partial charge in [-0.25, -0.2) is 4.98 Å². The normalized spacial score (nSPS) is 8.00. The van der Waals surface area contributed by atoms with Crippen LogP contribution in [0.1, 0.15) is 12.2 Å². The Kier molecular flexibility index (Phi) is 3.22. The summed E-state index contributed by atoms with van der Waals surface area (Å²) in [7, 11) is 0. The molecule has 0 unspecified atom stereocenters. The maximum Gasteiger partial charge on any atom is 0.200 e. The van der Waals surface area contributed by atoms with Crippen LogP contribution in [0.25, 0.3) is 10.4 Å². The van der Waals surface area contributed by atoms with E-state index in [9.17, 15) is 0 Å². The number of nitrogens with one attached hydrogen (secondary N) is 1. The van der Waals surface area contributed by atoms with Gasteiger partial charge in [0, 0.05) is 17.9 Å². The van der Waals surface area contributed by atoms with Gasteiger partial charge in [-0.2, -0.15) is 5.10 Å². The van der Waals surface area contributed by atoms with Crippen molar-refractivity contribution in [2.24, 2.45) is 5.11 Å². The van der Waals surface area contributed by atoms with Crippen molar-refractivity contribution in [1.82, 2.24) is 15.2 Å². The number of azide groups is 1. The minimum atomic E-state index is 0.387. The van der Waals surface area contributed by atoms with Gasteiger partial charge in [0.05, 0.1) is 0 Å². The van der Waals surface area contributed by atoms with Crippen molar-refractivity contribution >= 4 is 0 Å². The van der Waals surface area contributed by atoms with Crippen LogP contribution in [0.4, 0.5) is 0 Å². The summed E-state index contributed by atoms with van der Waals surface area (Å²) in [6, 6.07) is 0. The zero-order valence-corrected chi connectivity index (χ0v) is 6.23. The molecule has 0 amide bonds. The van der Waals surface area contributed by atoms with Crippen LogP contribution in [0, 0.1) is 11.8 Å². The lowest BCUT2D eigenvalue weighted by atomic mass is 10.4. The number of aromatic amines is 1. The summed E-state index contributed by atoms with van der Waals surface area (Å²) in [4.78, 5) is 6.38. The Balaban J connectivity index is 2.35. The second-order valence-corrected chi connectivity index (χ2v) is 1.84. The Hall–Kier alpha value is -1.99. The van der Waals surface area contributed by atoms with Gasteiger partial charge in [0.2, 0.25) is 5.82 Å². The molecular formula is C6H6N6. The van der Waals surface area contributed by atoms with Crippen LogP contribution >= 0.6 is 0 Å². The second-order valence-electron chi connectivity index (χ2n) is 1.84. The summed E-state index contributed by atoms with van der Waals surface area (Å²) >= 11 is 0. The van der Waals surface area contributed by atoms with Crippen LogP contribution in [-0.4, -0.2) is 21.7 Å². The van der Waals surface area contributed by atoms with Crippen molar-refractivity contribution in [2.45, 2.75) is 6.42 Å². The molecule has 1 aromatic heterocycles. The first-order valence-corrected chi connectivity index (χ1v) is 3.28. The van der Waals surface area contributed by atoms with E-state index in [2.05, 4.69) is 37.0 Å². The molecule has 6 heteroatoms. The SMILES string of the molecule is [N-]=[N+]=NCCC#Cc1ncn[nH]1. The van der Waals surface area contributed by atoms with Gasteiger partial charge in [0.15, 0.2) is 0 Å². The lowest BCUT2D eigenvalue weighted by Gasteiger charge is -1.77. The third-order valence-corrected chi connectivity index (χ3v) is 1.02. The van der Waals surface area contributed by atoms with Gasteiger partial charge in [0.25, 0.3) is 0 Å². The van der Waals surface area contributed by atoms with Crippen LogP contribution in [0.15, 0.2) is 11.4 Å². The van der Waals surface area contributed by atoms with E-state index in [0.29, 0.717) is 18.8 Å². The maximum atomic E-state index is 7.93. The topological polar surface area (TPSA) is 90.3 Å². The van der Waals surface area contributed by atoms with Gasteiger partial charge < -0.3 is 0 Å². The summed E-state index contributed by atoms with van der Waals surface area (Å²) in [5, 5.41) is 9.53. The summed E-state index contributed by atoms with van der Waals surface area (Å²) in [5.41, 5.74) is 7.93. The highest BCUT2D eigenvalue weighted by molar-refractivity contribution is 5.18. The average molecular weight is 162 g/mol. The minimum Gasteiger partial charge on any atom is -0.253 e. The molecule has 1 heterocycles. The summed E-state index contributed by atoms with van der Waals surface area (Å²) in [6.07, 6.45) is 1.92. The fraction of sp³-hybridized carbons (Fsp3) is 0.333. The molecule has 60 valence electrons. The van der Waals surface area contributed by atoms with E-state index in [4.69, 9.17) is 5.53 Å². The van der Waals surface area contributed by atoms with Crippen molar-refractivity contribution < 1.29 is 0 Å². The van der Waals surface area contributed by atoms with Crippen LogP contribution in [-0.2, 0) is 0 Å². The molecule has 0 saturated carbocycles. The van der Waals surface area contributed by atoms with Crippen LogP contribution in [0.3, 0.4) is 0 Å². The van der Waals surface area contributed by atoms with Gasteiger partial charge in [-0.05, 0) is 11.5 Å². The first kappa shape index (κ1) is 8.11. The van der Waals surface area contributed by atoms with Crippen LogP contribution < -0.4 is 0 Å². The molecule has 0 bridgehead atoms. The molecule has 0 aromatic carbocycles. The van der Waals surface area contributed by atoms with Crippen molar-refractivity contribution in [2.75, 3.05) is 6.54 Å². The van der Waals surface area contributed by atoms with Gasteiger partial charge in [0.1, 0.15) is 6.33 Å². The number of hydrogen-bond donors (Lipinski definition) is 1. The third-order valence-electron chi connectivity index (χ3n) is 1.02. The van der Waals surface area contributed by atoms with Crippen molar-refractivity contribution in [3.05, 3.63) is 22.6 Å². The zero-order valence-electron chi connectivity index (χ0n) is 6.23. The monoisotopic (exact) mass is 162 g/mol. The number of hydrogen-bond acceptors (Lipinski definition) is 3. The van der Waals surface area contributed by atoms with Crippen LogP contribution in [0.5, 0.6) is 0 Å². The van der Waals surface area contributed by atoms with E-state index in [1.807, 2.05) is 0 Å². The molecule has 12 heavy (non-hydrogen) atoms. The van der Waals surface area contributed by atoms with E-state index >= 15 is 0 Å². The first-order chi connectivity index (χ1) is 5.93. The highest BCUT2D eigenvalue weighted by atomic mass is 15.2. The molecule has 0 spiro atoms. The molecule has 1 aromatic rings. The Labute approximate surface area is 68.6 Å². The Morgan fingerprint density at radius 2 is 2.67 bits per heavy atom. The molecular weight excluding hydrogens is 156 g/mol. The molecule has 0 atom stereocenters. The highest BCUT2D eigenvalue weighted by Gasteiger charge is 1.84. The molecule has 0 aliphatic carbocycles. The molecule has 1 rings (SSSR count). The lowest BCUT2D eigenvalue weighted by molar-refractivity contribution is 1.01. The lowest BCUT2D eigenvalue weighted by Crippen LogP contribution is -1.78. The number of aromatic nitrogens is 3. The Bertz CT molecular complexity index is 323. The summed E-state index contributed by atoms with van der Waals surface area (Å²) < 4.78 is 0. The van der Waals surface area contributed by atoms with Gasteiger partial charge in [-0.15, -0.1) is 0 Å². The largest absolute Gasteiger partial charge is 0.253 e. The van der Waals surface area contributed by atoms with E-state index in [1.165, 1.54) is 6.33 Å². The van der Waals surface area contributed by atoms with Gasteiger partial charge >= 0.3 is 0 Å². The van der Waals surface area contributed by atoms with Crippen molar-refractivity contribution in [3.8, 4) is 11.8 Å². The van der Waals surface area contributed by atoms with Gasteiger partial charge in [-0.3, -0.25) is 5.10 Å². The number of nitrogens with zero attached hydrogens (tertiary/aromatic N) is 5.